The maximum atomic E-state index is 12.0. The van der Waals surface area contributed by atoms with Gasteiger partial charge < -0.3 is 15.6 Å². The summed E-state index contributed by atoms with van der Waals surface area (Å²) >= 11 is 0. The Kier molecular flexibility index (Phi) is 8.75. The van der Waals surface area contributed by atoms with Gasteiger partial charge in [-0.3, -0.25) is 10.4 Å². The van der Waals surface area contributed by atoms with Gasteiger partial charge in [0.05, 0.1) is 5.54 Å². The van der Waals surface area contributed by atoms with E-state index in [4.69, 9.17) is 15.5 Å². The van der Waals surface area contributed by atoms with Crippen molar-refractivity contribution >= 4 is 18.4 Å². The third kappa shape index (κ3) is 5.37. The summed E-state index contributed by atoms with van der Waals surface area (Å²) in [5, 5.41) is 11.6. The highest BCUT2D eigenvalue weighted by Crippen LogP contribution is 2.35. The quantitative estimate of drug-likeness (QED) is 0.503. The average molecular weight is 489 g/mol. The monoisotopic (exact) mass is 488 g/mol. The maximum Gasteiger partial charge on any atom is 0.339 e. The molecule has 4 N–H and O–H groups in total. The van der Waals surface area contributed by atoms with E-state index in [1.165, 1.54) is 5.56 Å². The van der Waals surface area contributed by atoms with Crippen molar-refractivity contribution in [3.05, 3.63) is 63.8 Å². The normalized spacial score (nSPS) is 15.3. The van der Waals surface area contributed by atoms with E-state index in [1.807, 2.05) is 20.8 Å². The Labute approximate surface area is 208 Å². The molecule has 1 aromatic carbocycles. The number of nitrogens with two attached hydrogens (primary N) is 1. The Balaban J connectivity index is 0.00000408. The van der Waals surface area contributed by atoms with E-state index in [1.54, 1.807) is 12.1 Å². The average Bonchev–Trinajstić information content (AvgIpc) is 2.95. The molecule has 2 heterocycles. The second-order valence-corrected chi connectivity index (χ2v) is 9.67. The van der Waals surface area contributed by atoms with Crippen LogP contribution in [0.4, 0.5) is 0 Å². The number of benzene rings is 1. The summed E-state index contributed by atoms with van der Waals surface area (Å²) in [5.41, 5.74) is 15.9. The van der Waals surface area contributed by atoms with Crippen LogP contribution in [0.5, 0.6) is 0 Å². The number of carbonyl (C=O) groups is 1. The number of pyridine rings is 1. The van der Waals surface area contributed by atoms with Crippen molar-refractivity contribution in [2.24, 2.45) is 11.7 Å². The smallest absolute Gasteiger partial charge is 0.339 e. The fourth-order valence-electron chi connectivity index (χ4n) is 4.27. The number of carboxylic acids is 1. The Morgan fingerprint density at radius 1 is 1.21 bits per heavy atom. The van der Waals surface area contributed by atoms with Gasteiger partial charge in [0, 0.05) is 30.5 Å². The Hall–Kier alpha value is -2.61. The van der Waals surface area contributed by atoms with Crippen LogP contribution in [0, 0.1) is 19.8 Å². The van der Waals surface area contributed by atoms with Gasteiger partial charge in [-0.2, -0.15) is 0 Å². The van der Waals surface area contributed by atoms with E-state index >= 15 is 0 Å². The summed E-state index contributed by atoms with van der Waals surface area (Å²) in [7, 11) is 1.80. The zero-order valence-corrected chi connectivity index (χ0v) is 22.0. The number of halogens is 1. The number of hydrogen-bond acceptors (Lipinski definition) is 6. The van der Waals surface area contributed by atoms with Crippen molar-refractivity contribution in [1.29, 1.82) is 0 Å². The molecule has 0 aliphatic carbocycles. The second kappa shape index (κ2) is 10.8. The minimum atomic E-state index is -1.00. The highest BCUT2D eigenvalue weighted by molar-refractivity contribution is 5.90. The van der Waals surface area contributed by atoms with Crippen molar-refractivity contribution in [1.82, 2.24) is 15.4 Å². The molecule has 0 amide bonds. The van der Waals surface area contributed by atoms with Gasteiger partial charge in [0.25, 0.3) is 0 Å². The molecule has 34 heavy (non-hydrogen) atoms. The van der Waals surface area contributed by atoms with Crippen molar-refractivity contribution in [2.45, 2.75) is 66.7 Å². The van der Waals surface area contributed by atoms with E-state index < -0.39 is 11.5 Å². The predicted molar refractivity (Wildman–Crippen MR) is 137 cm³/mol. The molecule has 0 radical (unpaired) electrons. The van der Waals surface area contributed by atoms with Gasteiger partial charge >= 0.3 is 5.97 Å². The molecule has 2 aromatic rings. The third-order valence-electron chi connectivity index (χ3n) is 6.36. The maximum absolute atomic E-state index is 12.0. The molecule has 0 unspecified atom stereocenters. The van der Waals surface area contributed by atoms with E-state index in [2.05, 4.69) is 50.5 Å². The molecule has 1 aliphatic heterocycles. The summed E-state index contributed by atoms with van der Waals surface area (Å²) in [6.07, 6.45) is 0.836. The zero-order chi connectivity index (χ0) is 24.5. The SMILES string of the molecule is Cc1ccc(-c2c(COC3=C(C(=O)O)C(C)(C)N(C)N3)c(C)nc(CC(C)C)c2CN)cc1.Cl. The van der Waals surface area contributed by atoms with Gasteiger partial charge in [-0.05, 0) is 56.7 Å². The van der Waals surface area contributed by atoms with E-state index in [0.717, 1.165) is 40.1 Å². The molecule has 0 saturated carbocycles. The van der Waals surface area contributed by atoms with Crippen molar-refractivity contribution in [2.75, 3.05) is 7.05 Å². The second-order valence-electron chi connectivity index (χ2n) is 9.67. The van der Waals surface area contributed by atoms with Crippen LogP contribution in [0.25, 0.3) is 11.1 Å². The van der Waals surface area contributed by atoms with E-state index in [9.17, 15) is 9.90 Å². The summed E-state index contributed by atoms with van der Waals surface area (Å²) in [6.45, 7) is 12.6. The number of hydrogen-bond donors (Lipinski definition) is 3. The lowest BCUT2D eigenvalue weighted by molar-refractivity contribution is -0.133. The summed E-state index contributed by atoms with van der Waals surface area (Å²) in [5.74, 6) is -0.306. The molecule has 8 heteroatoms. The van der Waals surface area contributed by atoms with Gasteiger partial charge in [0.1, 0.15) is 12.2 Å². The molecule has 1 aliphatic rings. The van der Waals surface area contributed by atoms with Gasteiger partial charge in [-0.15, -0.1) is 12.4 Å². The first-order chi connectivity index (χ1) is 15.5. The summed E-state index contributed by atoms with van der Waals surface area (Å²) in [4.78, 5) is 16.9. The Morgan fingerprint density at radius 3 is 2.35 bits per heavy atom. The lowest BCUT2D eigenvalue weighted by Gasteiger charge is -2.27. The summed E-state index contributed by atoms with van der Waals surface area (Å²) in [6, 6.07) is 8.36. The molecule has 0 atom stereocenters. The number of nitrogens with one attached hydrogen (secondary N) is 1. The molecular weight excluding hydrogens is 452 g/mol. The van der Waals surface area contributed by atoms with Crippen molar-refractivity contribution in [3.8, 4) is 11.1 Å². The minimum absolute atomic E-state index is 0. The molecule has 0 bridgehead atoms. The van der Waals surface area contributed by atoms with Crippen molar-refractivity contribution < 1.29 is 14.6 Å². The van der Waals surface area contributed by atoms with E-state index in [0.29, 0.717) is 12.5 Å². The number of aryl methyl sites for hydroxylation is 2. The Morgan fingerprint density at radius 2 is 1.82 bits per heavy atom. The predicted octanol–water partition coefficient (Wildman–Crippen LogP) is 4.49. The fraction of sp³-hybridized carbons (Fsp3) is 0.462. The zero-order valence-electron chi connectivity index (χ0n) is 21.2. The lowest BCUT2D eigenvalue weighted by atomic mass is 9.90. The molecule has 186 valence electrons. The van der Waals surface area contributed by atoms with Crippen molar-refractivity contribution in [3.63, 3.8) is 0 Å². The first-order valence-corrected chi connectivity index (χ1v) is 11.4. The number of ether oxygens (including phenoxy) is 1. The largest absolute Gasteiger partial charge is 0.478 e. The number of likely N-dealkylation sites (N-methyl/N-ethyl adjacent to an activating group) is 1. The number of carboxylic acid groups (broad SMARTS) is 1. The molecule has 0 fully saturated rings. The lowest BCUT2D eigenvalue weighted by Crippen LogP contribution is -2.44. The fourth-order valence-corrected chi connectivity index (χ4v) is 4.27. The van der Waals surface area contributed by atoms with Crippen LogP contribution in [-0.2, 0) is 29.1 Å². The van der Waals surface area contributed by atoms with Gasteiger partial charge in [-0.25, -0.2) is 9.80 Å². The number of nitrogens with zero attached hydrogens (tertiary/aromatic N) is 2. The van der Waals surface area contributed by atoms with Gasteiger partial charge in [0.2, 0.25) is 5.88 Å². The first-order valence-electron chi connectivity index (χ1n) is 11.4. The van der Waals surface area contributed by atoms with Crippen LogP contribution >= 0.6 is 12.4 Å². The molecule has 3 rings (SSSR count). The van der Waals surface area contributed by atoms with Gasteiger partial charge in [-0.1, -0.05) is 43.7 Å². The van der Waals surface area contributed by atoms with Crippen LogP contribution in [0.2, 0.25) is 0 Å². The van der Waals surface area contributed by atoms with Crippen LogP contribution in [0.1, 0.15) is 55.8 Å². The summed E-state index contributed by atoms with van der Waals surface area (Å²) < 4.78 is 6.12. The Bertz CT molecular complexity index is 1080. The first kappa shape index (κ1) is 27.6. The van der Waals surface area contributed by atoms with E-state index in [-0.39, 0.29) is 30.5 Å². The number of hydrazine groups is 1. The molecular formula is C26H37ClN4O3. The highest BCUT2D eigenvalue weighted by atomic mass is 35.5. The van der Waals surface area contributed by atoms with Crippen LogP contribution < -0.4 is 11.2 Å². The number of aromatic nitrogens is 1. The molecule has 7 nitrogen and oxygen atoms in total. The topological polar surface area (TPSA) is 101 Å². The van der Waals surface area contributed by atoms with Crippen LogP contribution in [0.15, 0.2) is 35.7 Å². The minimum Gasteiger partial charge on any atom is -0.478 e. The molecule has 0 spiro atoms. The number of aliphatic carboxylic acids is 1. The van der Waals surface area contributed by atoms with Crippen LogP contribution in [-0.4, -0.2) is 33.7 Å². The van der Waals surface area contributed by atoms with Gasteiger partial charge in [0.15, 0.2) is 0 Å². The standard InChI is InChI=1S/C26H36N4O3.ClH/c1-15(2)12-21-19(13-27)22(18-10-8-16(3)9-11-18)20(17(4)28-21)14-33-24-23(25(31)32)26(5,6)30(7)29-24;/h8-11,15,29H,12-14,27H2,1-7H3,(H,31,32);1H. The molecule has 1 aromatic heterocycles. The molecule has 0 saturated heterocycles. The third-order valence-corrected chi connectivity index (χ3v) is 6.36. The van der Waals surface area contributed by atoms with Crippen LogP contribution in [0.3, 0.4) is 0 Å². The highest BCUT2D eigenvalue weighted by Gasteiger charge is 2.43. The number of rotatable bonds is 8.